The standard InChI is InChI=1S/C21H23ClN2O4S/c22-14-9-12(10-15-19(14)28-8-4-7-27-15)11-17(25)24-21-18(20(23)26)13-5-2-1-3-6-16(13)29-21/h9-10H,1-8,11H2,(H2,23,26)(H,24,25). The van der Waals surface area contributed by atoms with Gasteiger partial charge in [0.25, 0.3) is 5.91 Å². The van der Waals surface area contributed by atoms with E-state index in [1.54, 1.807) is 12.1 Å². The van der Waals surface area contributed by atoms with Gasteiger partial charge in [-0.2, -0.15) is 0 Å². The summed E-state index contributed by atoms with van der Waals surface area (Å²) in [6.45, 7) is 1.09. The molecule has 1 aliphatic carbocycles. The lowest BCUT2D eigenvalue weighted by Gasteiger charge is -2.12. The minimum Gasteiger partial charge on any atom is -0.489 e. The van der Waals surface area contributed by atoms with Crippen LogP contribution in [0, 0.1) is 0 Å². The molecule has 3 N–H and O–H groups in total. The average Bonchev–Trinajstić information content (AvgIpc) is 2.85. The number of halogens is 1. The number of carbonyl (C=O) groups is 2. The maximum absolute atomic E-state index is 12.7. The lowest BCUT2D eigenvalue weighted by atomic mass is 10.0. The zero-order chi connectivity index (χ0) is 20.4. The highest BCUT2D eigenvalue weighted by Crippen LogP contribution is 2.39. The second kappa shape index (κ2) is 8.63. The second-order valence-electron chi connectivity index (χ2n) is 7.31. The van der Waals surface area contributed by atoms with Gasteiger partial charge in [-0.05, 0) is 48.9 Å². The maximum atomic E-state index is 12.7. The quantitative estimate of drug-likeness (QED) is 0.708. The summed E-state index contributed by atoms with van der Waals surface area (Å²) >= 11 is 7.79. The molecule has 1 aromatic carbocycles. The summed E-state index contributed by atoms with van der Waals surface area (Å²) in [4.78, 5) is 25.9. The summed E-state index contributed by atoms with van der Waals surface area (Å²) in [5, 5.41) is 3.87. The largest absolute Gasteiger partial charge is 0.489 e. The normalized spacial score (nSPS) is 15.8. The Morgan fingerprint density at radius 1 is 1.10 bits per heavy atom. The number of hydrogen-bond donors (Lipinski definition) is 2. The van der Waals surface area contributed by atoms with Crippen molar-refractivity contribution in [2.24, 2.45) is 5.73 Å². The first-order valence-electron chi connectivity index (χ1n) is 9.85. The third-order valence-electron chi connectivity index (χ3n) is 5.15. The van der Waals surface area contributed by atoms with Crippen molar-refractivity contribution in [3.05, 3.63) is 38.7 Å². The molecule has 0 bridgehead atoms. The molecule has 6 nitrogen and oxygen atoms in total. The molecule has 2 heterocycles. The highest BCUT2D eigenvalue weighted by molar-refractivity contribution is 7.17. The van der Waals surface area contributed by atoms with Crippen LogP contribution in [-0.4, -0.2) is 25.0 Å². The van der Waals surface area contributed by atoms with E-state index in [0.717, 1.165) is 54.5 Å². The number of hydrogen-bond acceptors (Lipinski definition) is 5. The molecule has 0 saturated heterocycles. The number of nitrogens with one attached hydrogen (secondary N) is 1. The maximum Gasteiger partial charge on any atom is 0.251 e. The number of aryl methyl sites for hydroxylation is 1. The molecule has 0 atom stereocenters. The van der Waals surface area contributed by atoms with Crippen LogP contribution in [0.25, 0.3) is 0 Å². The number of nitrogens with two attached hydrogens (primary N) is 1. The van der Waals surface area contributed by atoms with Crippen LogP contribution in [-0.2, 0) is 24.1 Å². The van der Waals surface area contributed by atoms with Gasteiger partial charge >= 0.3 is 0 Å². The Morgan fingerprint density at radius 3 is 2.72 bits per heavy atom. The van der Waals surface area contributed by atoms with Gasteiger partial charge in [0.05, 0.1) is 30.2 Å². The van der Waals surface area contributed by atoms with E-state index < -0.39 is 5.91 Å². The Bertz CT molecular complexity index is 957. The molecule has 2 amide bonds. The summed E-state index contributed by atoms with van der Waals surface area (Å²) in [6.07, 6.45) is 5.91. The van der Waals surface area contributed by atoms with Gasteiger partial charge in [0, 0.05) is 11.3 Å². The summed E-state index contributed by atoms with van der Waals surface area (Å²) in [6, 6.07) is 3.50. The van der Waals surface area contributed by atoms with Gasteiger partial charge < -0.3 is 20.5 Å². The van der Waals surface area contributed by atoms with Crippen LogP contribution in [0.15, 0.2) is 12.1 Å². The van der Waals surface area contributed by atoms with Gasteiger partial charge in [0.1, 0.15) is 5.00 Å². The number of thiophene rings is 1. The molecular weight excluding hydrogens is 412 g/mol. The molecule has 0 fully saturated rings. The fourth-order valence-corrected chi connectivity index (χ4v) is 5.43. The topological polar surface area (TPSA) is 90.7 Å². The van der Waals surface area contributed by atoms with Gasteiger partial charge in [-0.25, -0.2) is 0 Å². The third kappa shape index (κ3) is 4.36. The van der Waals surface area contributed by atoms with Crippen molar-refractivity contribution in [2.75, 3.05) is 18.5 Å². The molecule has 29 heavy (non-hydrogen) atoms. The minimum absolute atomic E-state index is 0.108. The molecule has 2 aliphatic rings. The molecule has 0 unspecified atom stereocenters. The summed E-state index contributed by atoms with van der Waals surface area (Å²) < 4.78 is 11.3. The zero-order valence-corrected chi connectivity index (χ0v) is 17.6. The van der Waals surface area contributed by atoms with Crippen molar-refractivity contribution in [3.8, 4) is 11.5 Å². The Hall–Kier alpha value is -2.25. The minimum atomic E-state index is -0.488. The van der Waals surface area contributed by atoms with Crippen LogP contribution < -0.4 is 20.5 Å². The van der Waals surface area contributed by atoms with Crippen molar-refractivity contribution in [2.45, 2.75) is 44.9 Å². The van der Waals surface area contributed by atoms with Crippen molar-refractivity contribution in [1.29, 1.82) is 0 Å². The van der Waals surface area contributed by atoms with E-state index >= 15 is 0 Å². The molecule has 0 radical (unpaired) electrons. The second-order valence-corrected chi connectivity index (χ2v) is 8.83. The number of rotatable bonds is 4. The summed E-state index contributed by atoms with van der Waals surface area (Å²) in [7, 11) is 0. The molecule has 0 spiro atoms. The molecule has 1 aromatic heterocycles. The molecular formula is C21H23ClN2O4S. The van der Waals surface area contributed by atoms with Crippen LogP contribution in [0.5, 0.6) is 11.5 Å². The molecule has 8 heteroatoms. The lowest BCUT2D eigenvalue weighted by molar-refractivity contribution is -0.115. The van der Waals surface area contributed by atoms with E-state index in [0.29, 0.717) is 40.3 Å². The summed E-state index contributed by atoms with van der Waals surface area (Å²) in [5.41, 5.74) is 7.84. The lowest BCUT2D eigenvalue weighted by Crippen LogP contribution is -2.19. The first-order valence-corrected chi connectivity index (χ1v) is 11.0. The fourth-order valence-electron chi connectivity index (χ4n) is 3.83. The smallest absolute Gasteiger partial charge is 0.251 e. The first-order chi connectivity index (χ1) is 14.0. The number of primary amides is 1. The van der Waals surface area contributed by atoms with Crippen LogP contribution in [0.1, 0.15) is 52.0 Å². The molecule has 4 rings (SSSR count). The SMILES string of the molecule is NC(=O)c1c(NC(=O)Cc2cc(Cl)c3c(c2)OCCCO3)sc2c1CCCCC2. The van der Waals surface area contributed by atoms with Gasteiger partial charge in [0.2, 0.25) is 5.91 Å². The highest BCUT2D eigenvalue weighted by Gasteiger charge is 2.24. The van der Waals surface area contributed by atoms with Crippen LogP contribution in [0.2, 0.25) is 5.02 Å². The summed E-state index contributed by atoms with van der Waals surface area (Å²) in [5.74, 6) is 0.359. The number of amides is 2. The monoisotopic (exact) mass is 434 g/mol. The van der Waals surface area contributed by atoms with Crippen LogP contribution >= 0.6 is 22.9 Å². The number of benzene rings is 1. The van der Waals surface area contributed by atoms with Gasteiger partial charge in [-0.15, -0.1) is 11.3 Å². The van der Waals surface area contributed by atoms with Crippen molar-refractivity contribution >= 4 is 39.8 Å². The number of ether oxygens (including phenoxy) is 2. The highest BCUT2D eigenvalue weighted by atomic mass is 35.5. The van der Waals surface area contributed by atoms with Crippen LogP contribution in [0.4, 0.5) is 5.00 Å². The predicted octanol–water partition coefficient (Wildman–Crippen LogP) is 4.11. The molecule has 0 saturated carbocycles. The fraction of sp³-hybridized carbons (Fsp3) is 0.429. The predicted molar refractivity (Wildman–Crippen MR) is 113 cm³/mol. The number of anilines is 1. The first kappa shape index (κ1) is 20.0. The average molecular weight is 435 g/mol. The number of fused-ring (bicyclic) bond motifs is 2. The van der Waals surface area contributed by atoms with Crippen LogP contribution in [0.3, 0.4) is 0 Å². The third-order valence-corrected chi connectivity index (χ3v) is 6.64. The molecule has 2 aromatic rings. The van der Waals surface area contributed by atoms with Gasteiger partial charge in [-0.1, -0.05) is 18.0 Å². The van der Waals surface area contributed by atoms with E-state index in [-0.39, 0.29) is 12.3 Å². The Labute approximate surface area is 178 Å². The molecule has 154 valence electrons. The van der Waals surface area contributed by atoms with E-state index in [4.69, 9.17) is 26.8 Å². The van der Waals surface area contributed by atoms with Crippen molar-refractivity contribution in [3.63, 3.8) is 0 Å². The van der Waals surface area contributed by atoms with Gasteiger partial charge in [-0.3, -0.25) is 9.59 Å². The van der Waals surface area contributed by atoms with E-state index in [1.165, 1.54) is 11.3 Å². The molecule has 1 aliphatic heterocycles. The van der Waals surface area contributed by atoms with E-state index in [2.05, 4.69) is 5.32 Å². The van der Waals surface area contributed by atoms with Gasteiger partial charge in [0.15, 0.2) is 11.5 Å². The van der Waals surface area contributed by atoms with Crippen molar-refractivity contribution < 1.29 is 19.1 Å². The Morgan fingerprint density at radius 2 is 1.90 bits per heavy atom. The number of carbonyl (C=O) groups excluding carboxylic acids is 2. The zero-order valence-electron chi connectivity index (χ0n) is 16.0. The van der Waals surface area contributed by atoms with E-state index in [1.807, 2.05) is 0 Å². The Balaban J connectivity index is 1.54. The van der Waals surface area contributed by atoms with E-state index in [9.17, 15) is 9.59 Å². The Kier molecular flexibility index (Phi) is 5.96. The van der Waals surface area contributed by atoms with Crippen molar-refractivity contribution in [1.82, 2.24) is 0 Å².